The van der Waals surface area contributed by atoms with Crippen molar-refractivity contribution < 1.29 is 4.79 Å². The summed E-state index contributed by atoms with van der Waals surface area (Å²) >= 11 is 2.22. The highest BCUT2D eigenvalue weighted by Gasteiger charge is 2.05. The van der Waals surface area contributed by atoms with Gasteiger partial charge in [-0.2, -0.15) is 0 Å². The fraction of sp³-hybridized carbons (Fsp3) is 0.300. The first-order valence-corrected chi connectivity index (χ1v) is 5.47. The zero-order chi connectivity index (χ0) is 10.6. The van der Waals surface area contributed by atoms with Gasteiger partial charge in [0.15, 0.2) is 0 Å². The Hall–Kier alpha value is -0.620. The third-order valence-corrected chi connectivity index (χ3v) is 3.03. The minimum Gasteiger partial charge on any atom is -0.351 e. The topological polar surface area (TPSA) is 55.1 Å². The van der Waals surface area contributed by atoms with Gasteiger partial charge in [-0.05, 0) is 47.2 Å². The van der Waals surface area contributed by atoms with Crippen molar-refractivity contribution in [3.63, 3.8) is 0 Å². The largest absolute Gasteiger partial charge is 0.351 e. The molecule has 0 atom stereocenters. The summed E-state index contributed by atoms with van der Waals surface area (Å²) in [5.41, 5.74) is 7.16. The molecule has 0 aliphatic carbocycles. The van der Waals surface area contributed by atoms with E-state index in [1.165, 1.54) is 5.56 Å². The van der Waals surface area contributed by atoms with E-state index in [1.807, 2.05) is 25.1 Å². The summed E-state index contributed by atoms with van der Waals surface area (Å²) in [6.07, 6.45) is 0. The van der Waals surface area contributed by atoms with Crippen LogP contribution < -0.4 is 11.1 Å². The van der Waals surface area contributed by atoms with Crippen LogP contribution in [-0.4, -0.2) is 19.0 Å². The number of benzene rings is 1. The van der Waals surface area contributed by atoms with Crippen LogP contribution in [0.1, 0.15) is 15.9 Å². The molecule has 0 unspecified atom stereocenters. The van der Waals surface area contributed by atoms with Crippen LogP contribution in [-0.2, 0) is 0 Å². The van der Waals surface area contributed by atoms with Gasteiger partial charge < -0.3 is 11.1 Å². The van der Waals surface area contributed by atoms with Crippen LogP contribution in [0.2, 0.25) is 0 Å². The molecule has 1 amide bonds. The molecule has 0 fully saturated rings. The van der Waals surface area contributed by atoms with Gasteiger partial charge in [0.1, 0.15) is 0 Å². The zero-order valence-corrected chi connectivity index (χ0v) is 10.2. The third-order valence-electron chi connectivity index (χ3n) is 1.86. The van der Waals surface area contributed by atoms with Crippen LogP contribution in [0.25, 0.3) is 0 Å². The quantitative estimate of drug-likeness (QED) is 0.827. The number of amides is 1. The average Bonchev–Trinajstić information content (AvgIpc) is 2.18. The maximum atomic E-state index is 11.5. The molecule has 3 nitrogen and oxygen atoms in total. The Labute approximate surface area is 97.2 Å². The summed E-state index contributed by atoms with van der Waals surface area (Å²) in [6, 6.07) is 5.64. The summed E-state index contributed by atoms with van der Waals surface area (Å²) in [5, 5.41) is 2.73. The molecule has 0 aromatic heterocycles. The monoisotopic (exact) mass is 304 g/mol. The first-order valence-electron chi connectivity index (χ1n) is 4.39. The average molecular weight is 304 g/mol. The number of rotatable bonds is 3. The van der Waals surface area contributed by atoms with E-state index < -0.39 is 0 Å². The molecule has 1 rings (SSSR count). The van der Waals surface area contributed by atoms with E-state index in [0.717, 1.165) is 3.57 Å². The minimum atomic E-state index is -0.0617. The van der Waals surface area contributed by atoms with Gasteiger partial charge in [0.05, 0.1) is 0 Å². The standard InChI is InChI=1S/C10H13IN2O/c1-7-2-3-8(6-9(7)11)10(14)13-5-4-12/h2-3,6H,4-5,12H2,1H3,(H,13,14). The van der Waals surface area contributed by atoms with Gasteiger partial charge in [0.2, 0.25) is 0 Å². The van der Waals surface area contributed by atoms with E-state index in [4.69, 9.17) is 5.73 Å². The molecular formula is C10H13IN2O. The molecular weight excluding hydrogens is 291 g/mol. The molecule has 0 radical (unpaired) electrons. The number of carbonyl (C=O) groups excluding carboxylic acids is 1. The second kappa shape index (κ2) is 5.31. The molecule has 0 aliphatic rings. The molecule has 0 bridgehead atoms. The Balaban J connectivity index is 2.76. The molecule has 0 spiro atoms. The summed E-state index contributed by atoms with van der Waals surface area (Å²) in [7, 11) is 0. The van der Waals surface area contributed by atoms with E-state index >= 15 is 0 Å². The highest BCUT2D eigenvalue weighted by molar-refractivity contribution is 14.1. The Morgan fingerprint density at radius 3 is 2.86 bits per heavy atom. The molecule has 14 heavy (non-hydrogen) atoms. The Morgan fingerprint density at radius 1 is 1.57 bits per heavy atom. The van der Waals surface area contributed by atoms with Crippen molar-refractivity contribution in [2.45, 2.75) is 6.92 Å². The smallest absolute Gasteiger partial charge is 0.251 e. The number of halogens is 1. The molecule has 3 N–H and O–H groups in total. The molecule has 0 saturated carbocycles. The zero-order valence-electron chi connectivity index (χ0n) is 8.01. The molecule has 4 heteroatoms. The summed E-state index contributed by atoms with van der Waals surface area (Å²) in [4.78, 5) is 11.5. The number of carbonyl (C=O) groups is 1. The highest BCUT2D eigenvalue weighted by Crippen LogP contribution is 2.13. The maximum absolute atomic E-state index is 11.5. The Bertz CT molecular complexity index is 339. The number of nitrogens with one attached hydrogen (secondary N) is 1. The Morgan fingerprint density at radius 2 is 2.29 bits per heavy atom. The summed E-state index contributed by atoms with van der Waals surface area (Å²) in [6.45, 7) is 3.00. The summed E-state index contributed by atoms with van der Waals surface area (Å²) < 4.78 is 1.10. The van der Waals surface area contributed by atoms with Gasteiger partial charge in [-0.25, -0.2) is 0 Å². The van der Waals surface area contributed by atoms with Crippen molar-refractivity contribution >= 4 is 28.5 Å². The van der Waals surface area contributed by atoms with Crippen LogP contribution in [0, 0.1) is 10.5 Å². The van der Waals surface area contributed by atoms with Gasteiger partial charge in [0, 0.05) is 22.2 Å². The van der Waals surface area contributed by atoms with E-state index in [9.17, 15) is 4.79 Å². The lowest BCUT2D eigenvalue weighted by molar-refractivity contribution is 0.0954. The first-order chi connectivity index (χ1) is 6.65. The number of hydrogen-bond donors (Lipinski definition) is 2. The van der Waals surface area contributed by atoms with Crippen LogP contribution >= 0.6 is 22.6 Å². The highest BCUT2D eigenvalue weighted by atomic mass is 127. The number of hydrogen-bond acceptors (Lipinski definition) is 2. The Kier molecular flexibility index (Phi) is 4.34. The molecule has 1 aromatic carbocycles. The predicted molar refractivity (Wildman–Crippen MR) is 65.3 cm³/mol. The predicted octanol–water partition coefficient (Wildman–Crippen LogP) is 1.29. The van der Waals surface area contributed by atoms with E-state index in [2.05, 4.69) is 27.9 Å². The molecule has 0 saturated heterocycles. The lowest BCUT2D eigenvalue weighted by atomic mass is 10.1. The van der Waals surface area contributed by atoms with Gasteiger partial charge in [-0.15, -0.1) is 0 Å². The molecule has 1 aromatic rings. The SMILES string of the molecule is Cc1ccc(C(=O)NCCN)cc1I. The summed E-state index contributed by atoms with van der Waals surface area (Å²) in [5.74, 6) is -0.0617. The van der Waals surface area contributed by atoms with Crippen LogP contribution in [0.3, 0.4) is 0 Å². The molecule has 0 heterocycles. The second-order valence-corrected chi connectivity index (χ2v) is 4.17. The van der Waals surface area contributed by atoms with Gasteiger partial charge >= 0.3 is 0 Å². The van der Waals surface area contributed by atoms with E-state index in [1.54, 1.807) is 0 Å². The first kappa shape index (κ1) is 11.5. The van der Waals surface area contributed by atoms with Crippen molar-refractivity contribution in [2.24, 2.45) is 5.73 Å². The second-order valence-electron chi connectivity index (χ2n) is 3.01. The third kappa shape index (κ3) is 2.95. The fourth-order valence-electron chi connectivity index (χ4n) is 1.02. The number of aryl methyl sites for hydroxylation is 1. The maximum Gasteiger partial charge on any atom is 0.251 e. The van der Waals surface area contributed by atoms with Gasteiger partial charge in [-0.1, -0.05) is 6.07 Å². The lowest BCUT2D eigenvalue weighted by Gasteiger charge is -2.05. The number of nitrogens with two attached hydrogens (primary N) is 1. The van der Waals surface area contributed by atoms with Gasteiger partial charge in [0.25, 0.3) is 5.91 Å². The van der Waals surface area contributed by atoms with E-state index in [-0.39, 0.29) is 5.91 Å². The van der Waals surface area contributed by atoms with Crippen LogP contribution in [0.15, 0.2) is 18.2 Å². The normalized spacial score (nSPS) is 9.93. The molecule has 76 valence electrons. The van der Waals surface area contributed by atoms with Crippen molar-refractivity contribution in [3.05, 3.63) is 32.9 Å². The van der Waals surface area contributed by atoms with Crippen molar-refractivity contribution in [3.8, 4) is 0 Å². The van der Waals surface area contributed by atoms with Gasteiger partial charge in [-0.3, -0.25) is 4.79 Å². The van der Waals surface area contributed by atoms with Crippen molar-refractivity contribution in [2.75, 3.05) is 13.1 Å². The lowest BCUT2D eigenvalue weighted by Crippen LogP contribution is -2.29. The van der Waals surface area contributed by atoms with Crippen molar-refractivity contribution in [1.29, 1.82) is 0 Å². The van der Waals surface area contributed by atoms with Crippen LogP contribution in [0.5, 0.6) is 0 Å². The van der Waals surface area contributed by atoms with E-state index in [0.29, 0.717) is 18.7 Å². The van der Waals surface area contributed by atoms with Crippen LogP contribution in [0.4, 0.5) is 0 Å². The molecule has 0 aliphatic heterocycles. The fourth-order valence-corrected chi connectivity index (χ4v) is 1.54. The minimum absolute atomic E-state index is 0.0617. The van der Waals surface area contributed by atoms with Crippen molar-refractivity contribution in [1.82, 2.24) is 5.32 Å².